The minimum Gasteiger partial charge on any atom is -0.382 e. The number of anilines is 2. The first-order valence-corrected chi connectivity index (χ1v) is 8.14. The third-order valence-corrected chi connectivity index (χ3v) is 4.31. The van der Waals surface area contributed by atoms with E-state index in [0.717, 1.165) is 36.7 Å². The van der Waals surface area contributed by atoms with Crippen molar-refractivity contribution in [3.05, 3.63) is 60.7 Å². The van der Waals surface area contributed by atoms with Crippen molar-refractivity contribution in [2.24, 2.45) is 0 Å². The van der Waals surface area contributed by atoms with Gasteiger partial charge >= 0.3 is 0 Å². The van der Waals surface area contributed by atoms with E-state index < -0.39 is 0 Å². The van der Waals surface area contributed by atoms with Gasteiger partial charge in [0, 0.05) is 30.5 Å². The molecule has 2 aromatic carbocycles. The maximum Gasteiger partial charge on any atom is 0.173 e. The molecule has 3 nitrogen and oxygen atoms in total. The van der Waals surface area contributed by atoms with Gasteiger partial charge in [0.15, 0.2) is 5.11 Å². The summed E-state index contributed by atoms with van der Waals surface area (Å²) in [5, 5.41) is 7.74. The van der Waals surface area contributed by atoms with Crippen molar-refractivity contribution in [3.8, 4) is 0 Å². The summed E-state index contributed by atoms with van der Waals surface area (Å²) in [6, 6.07) is 21.1. The first kappa shape index (κ1) is 14.9. The third-order valence-electron chi connectivity index (χ3n) is 3.95. The van der Waals surface area contributed by atoms with E-state index >= 15 is 0 Å². The molecule has 0 radical (unpaired) electrons. The molecule has 0 aliphatic carbocycles. The summed E-state index contributed by atoms with van der Waals surface area (Å²) in [7, 11) is 0. The van der Waals surface area contributed by atoms with E-state index in [1.165, 1.54) is 5.69 Å². The second-order valence-corrected chi connectivity index (χ2v) is 5.95. The quantitative estimate of drug-likeness (QED) is 0.839. The van der Waals surface area contributed by atoms with Gasteiger partial charge in [-0.2, -0.15) is 0 Å². The zero-order valence-corrected chi connectivity index (χ0v) is 13.4. The third kappa shape index (κ3) is 3.98. The van der Waals surface area contributed by atoms with Crippen LogP contribution in [0, 0.1) is 0 Å². The molecule has 1 aliphatic rings. The van der Waals surface area contributed by atoms with Crippen molar-refractivity contribution >= 4 is 28.7 Å². The van der Waals surface area contributed by atoms with Gasteiger partial charge in [0.05, 0.1) is 0 Å². The molecule has 3 rings (SSSR count). The van der Waals surface area contributed by atoms with Crippen molar-refractivity contribution in [1.29, 1.82) is 0 Å². The lowest BCUT2D eigenvalue weighted by Gasteiger charge is -2.34. The lowest BCUT2D eigenvalue weighted by Crippen LogP contribution is -2.44. The second-order valence-electron chi connectivity index (χ2n) is 5.57. The van der Waals surface area contributed by atoms with Gasteiger partial charge in [0.2, 0.25) is 0 Å². The minimum absolute atomic E-state index is 0.526. The summed E-state index contributed by atoms with van der Waals surface area (Å²) < 4.78 is 0. The number of likely N-dealkylation sites (tertiary alicyclic amines) is 1. The van der Waals surface area contributed by atoms with Gasteiger partial charge in [0.1, 0.15) is 0 Å². The van der Waals surface area contributed by atoms with E-state index in [2.05, 4.69) is 39.8 Å². The van der Waals surface area contributed by atoms with Crippen molar-refractivity contribution in [2.45, 2.75) is 18.9 Å². The molecular weight excluding hydrogens is 290 g/mol. The number of nitrogens with zero attached hydrogens (tertiary/aromatic N) is 1. The average Bonchev–Trinajstić information content (AvgIpc) is 2.57. The second kappa shape index (κ2) is 7.27. The van der Waals surface area contributed by atoms with Gasteiger partial charge in [-0.1, -0.05) is 36.4 Å². The molecule has 1 aliphatic heterocycles. The van der Waals surface area contributed by atoms with Crippen LogP contribution in [0.5, 0.6) is 0 Å². The minimum atomic E-state index is 0.526. The number of para-hydroxylation sites is 2. The molecule has 0 bridgehead atoms. The highest BCUT2D eigenvalue weighted by Gasteiger charge is 2.20. The van der Waals surface area contributed by atoms with Crippen LogP contribution in [0.4, 0.5) is 11.4 Å². The van der Waals surface area contributed by atoms with E-state index in [9.17, 15) is 0 Å². The van der Waals surface area contributed by atoms with E-state index in [1.54, 1.807) is 0 Å². The molecule has 1 heterocycles. The van der Waals surface area contributed by atoms with Crippen LogP contribution in [-0.4, -0.2) is 29.1 Å². The Balaban J connectivity index is 1.48. The van der Waals surface area contributed by atoms with Crippen molar-refractivity contribution in [1.82, 2.24) is 4.90 Å². The molecule has 114 valence electrons. The molecule has 22 heavy (non-hydrogen) atoms. The highest BCUT2D eigenvalue weighted by atomic mass is 32.1. The van der Waals surface area contributed by atoms with Gasteiger partial charge < -0.3 is 15.5 Å². The SMILES string of the molecule is S=C(Nc1ccccc1)N1CCC(Nc2ccccc2)CC1. The van der Waals surface area contributed by atoms with E-state index in [-0.39, 0.29) is 0 Å². The Kier molecular flexibility index (Phi) is 4.91. The molecule has 0 atom stereocenters. The van der Waals surface area contributed by atoms with Crippen LogP contribution in [0.3, 0.4) is 0 Å². The van der Waals surface area contributed by atoms with Crippen LogP contribution >= 0.6 is 12.2 Å². The van der Waals surface area contributed by atoms with E-state index in [1.807, 2.05) is 36.4 Å². The van der Waals surface area contributed by atoms with Gasteiger partial charge in [0.25, 0.3) is 0 Å². The Labute approximate surface area is 137 Å². The first-order valence-electron chi connectivity index (χ1n) is 7.74. The van der Waals surface area contributed by atoms with Crippen LogP contribution in [0.15, 0.2) is 60.7 Å². The standard InChI is InChI=1S/C18H21N3S/c22-18(20-16-9-5-2-6-10-16)21-13-11-17(12-14-21)19-15-7-3-1-4-8-15/h1-10,17,19H,11-14H2,(H,20,22). The maximum absolute atomic E-state index is 5.52. The summed E-state index contributed by atoms with van der Waals surface area (Å²) in [5.41, 5.74) is 2.25. The first-order chi connectivity index (χ1) is 10.8. The zero-order chi connectivity index (χ0) is 15.2. The molecule has 0 spiro atoms. The zero-order valence-electron chi connectivity index (χ0n) is 12.5. The van der Waals surface area contributed by atoms with Crippen molar-refractivity contribution < 1.29 is 0 Å². The molecule has 2 N–H and O–H groups in total. The molecule has 1 saturated heterocycles. The Morgan fingerprint density at radius 2 is 1.41 bits per heavy atom. The van der Waals surface area contributed by atoms with E-state index in [4.69, 9.17) is 12.2 Å². The summed E-state index contributed by atoms with van der Waals surface area (Å²) >= 11 is 5.52. The molecule has 1 fully saturated rings. The summed E-state index contributed by atoms with van der Waals surface area (Å²) in [6.45, 7) is 1.98. The fraction of sp³-hybridized carbons (Fsp3) is 0.278. The van der Waals surface area contributed by atoms with Crippen LogP contribution in [0.1, 0.15) is 12.8 Å². The average molecular weight is 311 g/mol. The van der Waals surface area contributed by atoms with E-state index in [0.29, 0.717) is 6.04 Å². The van der Waals surface area contributed by atoms with Crippen LogP contribution in [0.2, 0.25) is 0 Å². The van der Waals surface area contributed by atoms with Gasteiger partial charge in [-0.05, 0) is 49.3 Å². The van der Waals surface area contributed by atoms with Crippen molar-refractivity contribution in [3.63, 3.8) is 0 Å². The summed E-state index contributed by atoms with van der Waals surface area (Å²) in [5.74, 6) is 0. The lowest BCUT2D eigenvalue weighted by molar-refractivity contribution is 0.328. The van der Waals surface area contributed by atoms with Gasteiger partial charge in [-0.15, -0.1) is 0 Å². The number of thiocarbonyl (C=S) groups is 1. The molecule has 0 saturated carbocycles. The molecule has 0 unspecified atom stereocenters. The molecule has 0 aromatic heterocycles. The maximum atomic E-state index is 5.52. The lowest BCUT2D eigenvalue weighted by atomic mass is 10.0. The summed E-state index contributed by atoms with van der Waals surface area (Å²) in [6.07, 6.45) is 2.21. The number of hydrogen-bond acceptors (Lipinski definition) is 2. The molecule has 2 aromatic rings. The highest BCUT2D eigenvalue weighted by molar-refractivity contribution is 7.80. The Bertz CT molecular complexity index is 592. The predicted molar refractivity (Wildman–Crippen MR) is 97.3 cm³/mol. The van der Waals surface area contributed by atoms with Crippen LogP contribution < -0.4 is 10.6 Å². The normalized spacial score (nSPS) is 15.4. The van der Waals surface area contributed by atoms with Gasteiger partial charge in [-0.3, -0.25) is 0 Å². The molecule has 4 heteroatoms. The van der Waals surface area contributed by atoms with Crippen LogP contribution in [-0.2, 0) is 0 Å². The number of benzene rings is 2. The molecular formula is C18H21N3S. The Morgan fingerprint density at radius 1 is 0.864 bits per heavy atom. The summed E-state index contributed by atoms with van der Waals surface area (Å²) in [4.78, 5) is 2.26. The molecule has 0 amide bonds. The fourth-order valence-electron chi connectivity index (χ4n) is 2.72. The number of nitrogens with one attached hydrogen (secondary N) is 2. The smallest absolute Gasteiger partial charge is 0.173 e. The fourth-order valence-corrected chi connectivity index (χ4v) is 3.02. The van der Waals surface area contributed by atoms with Crippen LogP contribution in [0.25, 0.3) is 0 Å². The Hall–Kier alpha value is -2.07. The number of hydrogen-bond donors (Lipinski definition) is 2. The number of rotatable bonds is 3. The van der Waals surface area contributed by atoms with Gasteiger partial charge in [-0.25, -0.2) is 0 Å². The Morgan fingerprint density at radius 3 is 2.00 bits per heavy atom. The van der Waals surface area contributed by atoms with Crippen molar-refractivity contribution in [2.75, 3.05) is 23.7 Å². The highest BCUT2D eigenvalue weighted by Crippen LogP contribution is 2.17. The largest absolute Gasteiger partial charge is 0.382 e. The monoisotopic (exact) mass is 311 g/mol. The predicted octanol–water partition coefficient (Wildman–Crippen LogP) is 3.96. The topological polar surface area (TPSA) is 27.3 Å². The number of piperidine rings is 1.